The molecular weight excluding hydrogens is 228 g/mol. The maximum absolute atomic E-state index is 12.0. The van der Waals surface area contributed by atoms with Gasteiger partial charge in [-0.05, 0) is 24.5 Å². The second-order valence-corrected chi connectivity index (χ2v) is 5.06. The van der Waals surface area contributed by atoms with E-state index in [1.54, 1.807) is 0 Å². The summed E-state index contributed by atoms with van der Waals surface area (Å²) in [5.74, 6) is 0.0314. The van der Waals surface area contributed by atoms with Crippen LogP contribution in [0.15, 0.2) is 24.3 Å². The van der Waals surface area contributed by atoms with Crippen LogP contribution in [0.4, 0.5) is 0 Å². The van der Waals surface area contributed by atoms with Gasteiger partial charge in [0.05, 0.1) is 18.6 Å². The third kappa shape index (κ3) is 3.09. The molecular formula is C14H20N2O2. The van der Waals surface area contributed by atoms with E-state index in [4.69, 9.17) is 10.5 Å². The Hall–Kier alpha value is -1.39. The average Bonchev–Trinajstić information content (AvgIpc) is 2.76. The van der Waals surface area contributed by atoms with Crippen LogP contribution in [0.2, 0.25) is 0 Å². The van der Waals surface area contributed by atoms with E-state index >= 15 is 0 Å². The quantitative estimate of drug-likeness (QED) is 0.835. The highest BCUT2D eigenvalue weighted by Gasteiger charge is 2.31. The predicted molar refractivity (Wildman–Crippen MR) is 70.0 cm³/mol. The number of nitrogens with one attached hydrogen (secondary N) is 1. The smallest absolute Gasteiger partial charge is 0.224 e. The van der Waals surface area contributed by atoms with Crippen LogP contribution in [-0.4, -0.2) is 24.7 Å². The van der Waals surface area contributed by atoms with Gasteiger partial charge in [-0.3, -0.25) is 4.79 Å². The molecule has 1 unspecified atom stereocenters. The van der Waals surface area contributed by atoms with Crippen LogP contribution in [0.5, 0.6) is 0 Å². The van der Waals surface area contributed by atoms with Gasteiger partial charge in [0.1, 0.15) is 0 Å². The average molecular weight is 248 g/mol. The highest BCUT2D eigenvalue weighted by molar-refractivity contribution is 5.79. The molecule has 98 valence electrons. The van der Waals surface area contributed by atoms with Gasteiger partial charge in [0.2, 0.25) is 5.91 Å². The van der Waals surface area contributed by atoms with E-state index in [1.165, 1.54) is 0 Å². The Kier molecular flexibility index (Phi) is 3.99. The minimum atomic E-state index is -0.214. The molecule has 0 saturated carbocycles. The summed E-state index contributed by atoms with van der Waals surface area (Å²) in [5, 5.41) is 3.05. The number of benzene rings is 1. The number of ether oxygens (including phenoxy) is 1. The van der Waals surface area contributed by atoms with Crippen LogP contribution >= 0.6 is 0 Å². The van der Waals surface area contributed by atoms with Gasteiger partial charge in [0.25, 0.3) is 0 Å². The van der Waals surface area contributed by atoms with Crippen molar-refractivity contribution in [3.63, 3.8) is 0 Å². The molecule has 1 saturated heterocycles. The fraction of sp³-hybridized carbons (Fsp3) is 0.500. The summed E-state index contributed by atoms with van der Waals surface area (Å²) < 4.78 is 5.32. The summed E-state index contributed by atoms with van der Waals surface area (Å²) in [6.45, 7) is 3.80. The van der Waals surface area contributed by atoms with E-state index in [-0.39, 0.29) is 11.4 Å². The van der Waals surface area contributed by atoms with Crippen molar-refractivity contribution in [3.8, 4) is 0 Å². The van der Waals surface area contributed by atoms with Gasteiger partial charge in [-0.2, -0.15) is 0 Å². The number of rotatable bonds is 4. The normalized spacial score (nSPS) is 23.0. The lowest BCUT2D eigenvalue weighted by Gasteiger charge is -2.23. The van der Waals surface area contributed by atoms with Crippen molar-refractivity contribution >= 4 is 5.91 Å². The van der Waals surface area contributed by atoms with Crippen LogP contribution in [0.25, 0.3) is 0 Å². The zero-order chi connectivity index (χ0) is 13.0. The van der Waals surface area contributed by atoms with Gasteiger partial charge >= 0.3 is 0 Å². The van der Waals surface area contributed by atoms with Crippen molar-refractivity contribution in [2.45, 2.75) is 31.8 Å². The molecule has 1 fully saturated rings. The Morgan fingerprint density at radius 2 is 2.17 bits per heavy atom. The number of hydrogen-bond donors (Lipinski definition) is 2. The van der Waals surface area contributed by atoms with Crippen LogP contribution in [-0.2, 0) is 22.5 Å². The minimum Gasteiger partial charge on any atom is -0.379 e. The van der Waals surface area contributed by atoms with Crippen LogP contribution in [0, 0.1) is 0 Å². The molecule has 1 aliphatic heterocycles. The predicted octanol–water partition coefficient (Wildman–Crippen LogP) is 0.983. The van der Waals surface area contributed by atoms with Crippen LogP contribution in [0.3, 0.4) is 0 Å². The van der Waals surface area contributed by atoms with Gasteiger partial charge in [0, 0.05) is 13.2 Å². The molecule has 0 radical (unpaired) electrons. The molecule has 1 aromatic rings. The van der Waals surface area contributed by atoms with E-state index in [0.717, 1.165) is 24.2 Å². The second-order valence-electron chi connectivity index (χ2n) is 5.06. The SMILES string of the molecule is CC1(NC(=O)Cc2ccccc2CN)CCOC1. The van der Waals surface area contributed by atoms with Crippen molar-refractivity contribution in [2.24, 2.45) is 5.73 Å². The Bertz CT molecular complexity index is 426. The lowest BCUT2D eigenvalue weighted by molar-refractivity contribution is -0.122. The van der Waals surface area contributed by atoms with Gasteiger partial charge in [0.15, 0.2) is 0 Å². The Labute approximate surface area is 108 Å². The summed E-state index contributed by atoms with van der Waals surface area (Å²) in [4.78, 5) is 12.0. The van der Waals surface area contributed by atoms with Crippen molar-refractivity contribution in [1.29, 1.82) is 0 Å². The first-order valence-corrected chi connectivity index (χ1v) is 6.28. The molecule has 1 amide bonds. The highest BCUT2D eigenvalue weighted by Crippen LogP contribution is 2.18. The zero-order valence-electron chi connectivity index (χ0n) is 10.7. The van der Waals surface area contributed by atoms with E-state index in [2.05, 4.69) is 5.32 Å². The van der Waals surface area contributed by atoms with Gasteiger partial charge in [-0.25, -0.2) is 0 Å². The minimum absolute atomic E-state index is 0.0314. The van der Waals surface area contributed by atoms with E-state index in [0.29, 0.717) is 19.6 Å². The standard InChI is InChI=1S/C14H20N2O2/c1-14(6-7-18-10-14)16-13(17)8-11-4-2-3-5-12(11)9-15/h2-5H,6-10,15H2,1H3,(H,16,17). The fourth-order valence-electron chi connectivity index (χ4n) is 2.25. The second kappa shape index (κ2) is 5.50. The summed E-state index contributed by atoms with van der Waals surface area (Å²) >= 11 is 0. The van der Waals surface area contributed by atoms with Crippen molar-refractivity contribution in [1.82, 2.24) is 5.32 Å². The van der Waals surface area contributed by atoms with Gasteiger partial charge in [-0.1, -0.05) is 24.3 Å². The maximum Gasteiger partial charge on any atom is 0.224 e. The summed E-state index contributed by atoms with van der Waals surface area (Å²) in [6, 6.07) is 7.79. The van der Waals surface area contributed by atoms with Crippen molar-refractivity contribution in [3.05, 3.63) is 35.4 Å². The molecule has 0 bridgehead atoms. The number of carbonyl (C=O) groups excluding carboxylic acids is 1. The molecule has 1 aromatic carbocycles. The first-order valence-electron chi connectivity index (χ1n) is 6.28. The molecule has 1 aliphatic rings. The van der Waals surface area contributed by atoms with Crippen molar-refractivity contribution < 1.29 is 9.53 Å². The number of amides is 1. The first-order chi connectivity index (χ1) is 8.63. The molecule has 0 aromatic heterocycles. The van der Waals surface area contributed by atoms with E-state index in [1.807, 2.05) is 31.2 Å². The topological polar surface area (TPSA) is 64.4 Å². The third-order valence-corrected chi connectivity index (χ3v) is 3.35. The molecule has 18 heavy (non-hydrogen) atoms. The number of carbonyl (C=O) groups is 1. The molecule has 1 atom stereocenters. The first kappa shape index (κ1) is 13.1. The van der Waals surface area contributed by atoms with E-state index in [9.17, 15) is 4.79 Å². The molecule has 0 aliphatic carbocycles. The molecule has 4 nitrogen and oxygen atoms in total. The lowest BCUT2D eigenvalue weighted by atomic mass is 10.00. The molecule has 1 heterocycles. The fourth-order valence-corrected chi connectivity index (χ4v) is 2.25. The Balaban J connectivity index is 1.98. The monoisotopic (exact) mass is 248 g/mol. The Morgan fingerprint density at radius 3 is 2.78 bits per heavy atom. The van der Waals surface area contributed by atoms with Gasteiger partial charge < -0.3 is 15.8 Å². The highest BCUT2D eigenvalue weighted by atomic mass is 16.5. The van der Waals surface area contributed by atoms with E-state index < -0.39 is 0 Å². The van der Waals surface area contributed by atoms with Crippen molar-refractivity contribution in [2.75, 3.05) is 13.2 Å². The van der Waals surface area contributed by atoms with Crippen LogP contribution in [0.1, 0.15) is 24.5 Å². The van der Waals surface area contributed by atoms with Gasteiger partial charge in [-0.15, -0.1) is 0 Å². The third-order valence-electron chi connectivity index (χ3n) is 3.35. The number of hydrogen-bond acceptors (Lipinski definition) is 3. The lowest BCUT2D eigenvalue weighted by Crippen LogP contribution is -2.47. The molecule has 2 rings (SSSR count). The zero-order valence-corrected chi connectivity index (χ0v) is 10.7. The summed E-state index contributed by atoms with van der Waals surface area (Å²) in [5.41, 5.74) is 7.48. The Morgan fingerprint density at radius 1 is 1.44 bits per heavy atom. The maximum atomic E-state index is 12.0. The molecule has 4 heteroatoms. The molecule has 0 spiro atoms. The molecule has 3 N–H and O–H groups in total. The summed E-state index contributed by atoms with van der Waals surface area (Å²) in [6.07, 6.45) is 1.25. The summed E-state index contributed by atoms with van der Waals surface area (Å²) in [7, 11) is 0. The number of nitrogens with two attached hydrogens (primary N) is 1. The largest absolute Gasteiger partial charge is 0.379 e. The van der Waals surface area contributed by atoms with Crippen LogP contribution < -0.4 is 11.1 Å².